The van der Waals surface area contributed by atoms with Crippen molar-refractivity contribution in [3.05, 3.63) is 88.8 Å². The summed E-state index contributed by atoms with van der Waals surface area (Å²) < 4.78 is 11.2. The van der Waals surface area contributed by atoms with Crippen LogP contribution in [0.4, 0.5) is 0 Å². The topological polar surface area (TPSA) is 95.3 Å². The fourth-order valence-electron chi connectivity index (χ4n) is 3.17. The van der Waals surface area contributed by atoms with Crippen molar-refractivity contribution in [3.8, 4) is 39.4 Å². The van der Waals surface area contributed by atoms with E-state index in [2.05, 4.69) is 11.1 Å². The van der Waals surface area contributed by atoms with Gasteiger partial charge in [-0.1, -0.05) is 42.5 Å². The number of methoxy groups -OCH3 is 1. The van der Waals surface area contributed by atoms with E-state index in [1.165, 1.54) is 12.1 Å². The van der Waals surface area contributed by atoms with Crippen LogP contribution in [0.1, 0.15) is 21.5 Å². The second kappa shape index (κ2) is 11.1. The van der Waals surface area contributed by atoms with Crippen molar-refractivity contribution in [2.45, 2.75) is 6.61 Å². The van der Waals surface area contributed by atoms with E-state index in [1.54, 1.807) is 30.6 Å². The van der Waals surface area contributed by atoms with Gasteiger partial charge in [0.05, 0.1) is 23.7 Å². The fraction of sp³-hybridized carbons (Fsp3) is 0.0800. The van der Waals surface area contributed by atoms with Crippen molar-refractivity contribution in [3.63, 3.8) is 0 Å². The summed E-state index contributed by atoms with van der Waals surface area (Å²) in [6, 6.07) is 21.6. The standard InChI is InChI=1S/C25H18N2O4S.Na/c1-30-19-10-8-17(9-11-19)20-13-22(23-3-2-12-32-23)27-24(21(20)14-26)31-15-16-4-6-18(7-5-16)25(28)29;/h2-13H,15H2,1H3,(H,28,29);/q;+1/p-1. The summed E-state index contributed by atoms with van der Waals surface area (Å²) in [5.41, 5.74) is 3.40. The molecule has 0 saturated carbocycles. The number of rotatable bonds is 7. The molecule has 0 fully saturated rings. The first-order chi connectivity index (χ1) is 15.6. The molecule has 8 heteroatoms. The molecule has 0 radical (unpaired) electrons. The molecule has 0 aliphatic heterocycles. The molecule has 0 unspecified atom stereocenters. The summed E-state index contributed by atoms with van der Waals surface area (Å²) in [6.07, 6.45) is 0. The number of hydrogen-bond acceptors (Lipinski definition) is 7. The molecule has 4 rings (SSSR count). The van der Waals surface area contributed by atoms with Gasteiger partial charge < -0.3 is 19.4 Å². The molecule has 0 amide bonds. The van der Waals surface area contributed by atoms with Crippen LogP contribution in [0.25, 0.3) is 21.7 Å². The summed E-state index contributed by atoms with van der Waals surface area (Å²) >= 11 is 1.54. The zero-order chi connectivity index (χ0) is 22.5. The van der Waals surface area contributed by atoms with Gasteiger partial charge in [0.1, 0.15) is 24.0 Å². The third kappa shape index (κ3) is 5.62. The van der Waals surface area contributed by atoms with Crippen molar-refractivity contribution < 1.29 is 48.9 Å². The first kappa shape index (κ1) is 24.5. The van der Waals surface area contributed by atoms with Gasteiger partial charge in [0, 0.05) is 5.56 Å². The molecule has 0 bridgehead atoms. The Morgan fingerprint density at radius 3 is 2.42 bits per heavy atom. The molecular formula is C25H17N2NaO4S. The summed E-state index contributed by atoms with van der Waals surface area (Å²) in [5.74, 6) is -0.303. The van der Waals surface area contributed by atoms with E-state index in [1.807, 2.05) is 47.8 Å². The quantitative estimate of drug-likeness (QED) is 0.383. The Bertz CT molecular complexity index is 1280. The predicted molar refractivity (Wildman–Crippen MR) is 119 cm³/mol. The number of ether oxygens (including phenoxy) is 2. The third-order valence-electron chi connectivity index (χ3n) is 4.84. The predicted octanol–water partition coefficient (Wildman–Crippen LogP) is 1.30. The Morgan fingerprint density at radius 1 is 1.12 bits per heavy atom. The maximum Gasteiger partial charge on any atom is 1.00 e. The molecule has 33 heavy (non-hydrogen) atoms. The average molecular weight is 464 g/mol. The molecule has 2 heterocycles. The van der Waals surface area contributed by atoms with Gasteiger partial charge in [0.2, 0.25) is 5.88 Å². The first-order valence-corrected chi connectivity index (χ1v) is 10.5. The van der Waals surface area contributed by atoms with Crippen molar-refractivity contribution in [2.24, 2.45) is 0 Å². The first-order valence-electron chi connectivity index (χ1n) is 9.65. The van der Waals surface area contributed by atoms with Crippen molar-refractivity contribution in [1.82, 2.24) is 4.98 Å². The van der Waals surface area contributed by atoms with Crippen LogP contribution in [-0.2, 0) is 6.61 Å². The second-order valence-electron chi connectivity index (χ2n) is 6.83. The van der Waals surface area contributed by atoms with Gasteiger partial charge >= 0.3 is 29.6 Å². The number of carboxylic acids is 1. The van der Waals surface area contributed by atoms with Gasteiger partial charge in [-0.3, -0.25) is 0 Å². The Labute approximate surface area is 217 Å². The zero-order valence-electron chi connectivity index (χ0n) is 18.1. The molecule has 2 aromatic heterocycles. The van der Waals surface area contributed by atoms with Crippen LogP contribution in [0, 0.1) is 11.3 Å². The van der Waals surface area contributed by atoms with E-state index in [-0.39, 0.29) is 47.6 Å². The van der Waals surface area contributed by atoms with Crippen LogP contribution in [0.15, 0.2) is 72.1 Å². The van der Waals surface area contributed by atoms with Gasteiger partial charge in [-0.05, 0) is 46.3 Å². The molecule has 0 N–H and O–H groups in total. The van der Waals surface area contributed by atoms with E-state index >= 15 is 0 Å². The van der Waals surface area contributed by atoms with Crippen LogP contribution in [0.5, 0.6) is 11.6 Å². The minimum atomic E-state index is -1.24. The minimum absolute atomic E-state index is 0. The number of nitrogens with zero attached hydrogens (tertiary/aromatic N) is 2. The smallest absolute Gasteiger partial charge is 0.545 e. The molecule has 158 valence electrons. The van der Waals surface area contributed by atoms with E-state index in [0.29, 0.717) is 16.8 Å². The molecular weight excluding hydrogens is 447 g/mol. The molecule has 0 aliphatic rings. The van der Waals surface area contributed by atoms with Crippen LogP contribution in [0.3, 0.4) is 0 Å². The summed E-state index contributed by atoms with van der Waals surface area (Å²) in [4.78, 5) is 16.5. The number of carbonyl (C=O) groups is 1. The number of hydrogen-bond donors (Lipinski definition) is 0. The molecule has 0 atom stereocenters. The number of benzene rings is 2. The average Bonchev–Trinajstić information content (AvgIpc) is 3.37. The van der Waals surface area contributed by atoms with Crippen LogP contribution < -0.4 is 44.1 Å². The Balaban J connectivity index is 0.00000306. The number of aromatic nitrogens is 1. The molecule has 0 saturated heterocycles. The van der Waals surface area contributed by atoms with Crippen LogP contribution >= 0.6 is 11.3 Å². The van der Waals surface area contributed by atoms with E-state index in [9.17, 15) is 15.2 Å². The number of carbonyl (C=O) groups excluding carboxylic acids is 1. The van der Waals surface area contributed by atoms with Crippen molar-refractivity contribution in [2.75, 3.05) is 7.11 Å². The Kier molecular flexibility index (Phi) is 8.26. The zero-order valence-corrected chi connectivity index (χ0v) is 20.9. The van der Waals surface area contributed by atoms with Gasteiger partial charge in [0.15, 0.2) is 0 Å². The molecule has 0 spiro atoms. The van der Waals surface area contributed by atoms with Crippen LogP contribution in [0.2, 0.25) is 0 Å². The van der Waals surface area contributed by atoms with E-state index in [4.69, 9.17) is 9.47 Å². The Morgan fingerprint density at radius 2 is 1.85 bits per heavy atom. The maximum absolute atomic E-state index is 10.9. The normalized spacial score (nSPS) is 10.1. The van der Waals surface area contributed by atoms with Gasteiger partial charge in [0.25, 0.3) is 0 Å². The van der Waals surface area contributed by atoms with Gasteiger partial charge in [-0.15, -0.1) is 11.3 Å². The van der Waals surface area contributed by atoms with Crippen molar-refractivity contribution >= 4 is 17.3 Å². The van der Waals surface area contributed by atoms with Crippen LogP contribution in [-0.4, -0.2) is 18.1 Å². The molecule has 4 aromatic rings. The minimum Gasteiger partial charge on any atom is -0.545 e. The van der Waals surface area contributed by atoms with Gasteiger partial charge in [-0.25, -0.2) is 4.98 Å². The number of aromatic carboxylic acids is 1. The largest absolute Gasteiger partial charge is 1.00 e. The summed E-state index contributed by atoms with van der Waals surface area (Å²) in [5, 5.41) is 22.8. The Hall–Kier alpha value is -3.15. The molecule has 2 aromatic carbocycles. The molecule has 0 aliphatic carbocycles. The number of thiophene rings is 1. The SMILES string of the molecule is COc1ccc(-c2cc(-c3cccs3)nc(OCc3ccc(C(=O)[O-])cc3)c2C#N)cc1.[Na+]. The van der Waals surface area contributed by atoms with Gasteiger partial charge in [-0.2, -0.15) is 5.26 Å². The fourth-order valence-corrected chi connectivity index (χ4v) is 3.86. The van der Waals surface area contributed by atoms with Crippen molar-refractivity contribution in [1.29, 1.82) is 5.26 Å². The van der Waals surface area contributed by atoms with E-state index in [0.717, 1.165) is 21.8 Å². The number of carboxylic acid groups (broad SMARTS) is 1. The summed E-state index contributed by atoms with van der Waals surface area (Å²) in [7, 11) is 1.60. The maximum atomic E-state index is 10.9. The third-order valence-corrected chi connectivity index (χ3v) is 5.73. The summed E-state index contributed by atoms with van der Waals surface area (Å²) in [6.45, 7) is 0.130. The number of pyridine rings is 1. The van der Waals surface area contributed by atoms with E-state index < -0.39 is 5.97 Å². The molecule has 6 nitrogen and oxygen atoms in total. The number of nitriles is 1. The second-order valence-corrected chi connectivity index (χ2v) is 7.77. The monoisotopic (exact) mass is 464 g/mol.